The number of allylic oxidation sites excluding steroid dienone is 10. The molecule has 0 radical (unpaired) electrons. The normalized spacial score (nSPS) is 18.7. The van der Waals surface area contributed by atoms with Crippen molar-refractivity contribution >= 4 is 29.3 Å². The molecule has 5 rings (SSSR count). The van der Waals surface area contributed by atoms with Crippen molar-refractivity contribution in [3.63, 3.8) is 0 Å². The molecule has 2 unspecified atom stereocenters. The molecule has 186 valence electrons. The summed E-state index contributed by atoms with van der Waals surface area (Å²) in [6.45, 7) is 0. The minimum Gasteiger partial charge on any atom is -0.294 e. The van der Waals surface area contributed by atoms with Gasteiger partial charge in [0.1, 0.15) is 0 Å². The Labute approximate surface area is 224 Å². The molecule has 0 saturated heterocycles. The van der Waals surface area contributed by atoms with E-state index < -0.39 is 0 Å². The van der Waals surface area contributed by atoms with Crippen LogP contribution in [0, 0.1) is 5.92 Å². The topological polar surface area (TPSA) is 34.1 Å². The second kappa shape index (κ2) is 12.1. The first-order chi connectivity index (χ1) is 18.7. The van der Waals surface area contributed by atoms with Gasteiger partial charge in [-0.1, -0.05) is 127 Å². The van der Waals surface area contributed by atoms with E-state index in [-0.39, 0.29) is 17.5 Å². The van der Waals surface area contributed by atoms with Gasteiger partial charge in [-0.05, 0) is 58.9 Å². The van der Waals surface area contributed by atoms with Gasteiger partial charge in [-0.3, -0.25) is 9.59 Å². The summed E-state index contributed by atoms with van der Waals surface area (Å²) in [5, 5.41) is 0. The molecule has 0 N–H and O–H groups in total. The lowest BCUT2D eigenvalue weighted by Crippen LogP contribution is -2.10. The SMILES string of the molecule is O=C(/C=C/c1cccc(/C=C/C(=O)C2C=CC(c3ccccc3)=CC2)c1)c1ccc(C2C=CC=CC2)cc1. The average Bonchev–Trinajstić information content (AvgIpc) is 3.00. The van der Waals surface area contributed by atoms with Crippen LogP contribution < -0.4 is 0 Å². The van der Waals surface area contributed by atoms with Crippen LogP contribution >= 0.6 is 0 Å². The van der Waals surface area contributed by atoms with Crippen LogP contribution in [0.4, 0.5) is 0 Å². The molecule has 0 spiro atoms. The van der Waals surface area contributed by atoms with Gasteiger partial charge in [-0.15, -0.1) is 0 Å². The van der Waals surface area contributed by atoms with E-state index in [2.05, 4.69) is 42.5 Å². The molecule has 0 fully saturated rings. The van der Waals surface area contributed by atoms with E-state index in [4.69, 9.17) is 0 Å². The third-order valence-electron chi connectivity index (χ3n) is 6.95. The summed E-state index contributed by atoms with van der Waals surface area (Å²) in [6.07, 6.45) is 23.3. The molecule has 0 heterocycles. The minimum atomic E-state index is -0.142. The fourth-order valence-corrected chi connectivity index (χ4v) is 4.73. The molecule has 2 heteroatoms. The fourth-order valence-electron chi connectivity index (χ4n) is 4.73. The third kappa shape index (κ3) is 6.41. The Bertz CT molecular complexity index is 1480. The van der Waals surface area contributed by atoms with Crippen molar-refractivity contribution in [2.24, 2.45) is 5.92 Å². The van der Waals surface area contributed by atoms with Crippen molar-refractivity contribution in [2.75, 3.05) is 0 Å². The third-order valence-corrected chi connectivity index (χ3v) is 6.95. The van der Waals surface area contributed by atoms with Crippen LogP contribution in [0.25, 0.3) is 17.7 Å². The molecule has 0 bridgehead atoms. The van der Waals surface area contributed by atoms with E-state index in [1.165, 1.54) is 11.1 Å². The average molecular weight is 495 g/mol. The van der Waals surface area contributed by atoms with E-state index >= 15 is 0 Å². The Morgan fingerprint density at radius 3 is 2.18 bits per heavy atom. The molecule has 2 aliphatic rings. The second-order valence-electron chi connectivity index (χ2n) is 9.61. The van der Waals surface area contributed by atoms with E-state index in [0.29, 0.717) is 17.9 Å². The van der Waals surface area contributed by atoms with Crippen molar-refractivity contribution in [1.82, 2.24) is 0 Å². The molecule has 0 aliphatic heterocycles. The Kier molecular flexibility index (Phi) is 8.01. The largest absolute Gasteiger partial charge is 0.294 e. The number of benzene rings is 3. The Hall–Kier alpha value is -4.56. The molecule has 0 saturated carbocycles. The van der Waals surface area contributed by atoms with Crippen LogP contribution in [0.15, 0.2) is 134 Å². The van der Waals surface area contributed by atoms with Crippen LogP contribution in [0.5, 0.6) is 0 Å². The Morgan fingerprint density at radius 1 is 0.737 bits per heavy atom. The summed E-state index contributed by atoms with van der Waals surface area (Å²) in [6, 6.07) is 25.9. The summed E-state index contributed by atoms with van der Waals surface area (Å²) in [7, 11) is 0. The van der Waals surface area contributed by atoms with Crippen LogP contribution in [0.3, 0.4) is 0 Å². The lowest BCUT2D eigenvalue weighted by atomic mass is 9.90. The van der Waals surface area contributed by atoms with Gasteiger partial charge in [0.05, 0.1) is 0 Å². The summed E-state index contributed by atoms with van der Waals surface area (Å²) in [5.41, 5.74) is 6.05. The Balaban J connectivity index is 1.17. The lowest BCUT2D eigenvalue weighted by molar-refractivity contribution is -0.116. The summed E-state index contributed by atoms with van der Waals surface area (Å²) < 4.78 is 0. The molecular weight excluding hydrogens is 464 g/mol. The van der Waals surface area contributed by atoms with Gasteiger partial charge in [0.25, 0.3) is 0 Å². The highest BCUT2D eigenvalue weighted by Crippen LogP contribution is 2.26. The number of hydrogen-bond donors (Lipinski definition) is 0. The first-order valence-corrected chi connectivity index (χ1v) is 13.1. The Morgan fingerprint density at radius 2 is 1.50 bits per heavy atom. The van der Waals surface area contributed by atoms with Crippen molar-refractivity contribution in [1.29, 1.82) is 0 Å². The maximum absolute atomic E-state index is 12.8. The summed E-state index contributed by atoms with van der Waals surface area (Å²) in [4.78, 5) is 25.5. The molecule has 38 heavy (non-hydrogen) atoms. The smallest absolute Gasteiger partial charge is 0.185 e. The van der Waals surface area contributed by atoms with Crippen molar-refractivity contribution in [3.8, 4) is 0 Å². The van der Waals surface area contributed by atoms with Gasteiger partial charge in [0.2, 0.25) is 0 Å². The standard InChI is InChI=1S/C36H30O2/c37-35(33-20-16-31(17-21-33)29-10-3-1-4-11-29)24-14-27-8-7-9-28(26-27)15-25-36(38)34-22-18-32(19-23-34)30-12-5-2-6-13-30/h1-12,14-20,22-26,30,33H,13,21H2/b24-14+,25-15+. The minimum absolute atomic E-state index is 0.0289. The quantitative estimate of drug-likeness (QED) is 0.233. The predicted octanol–water partition coefficient (Wildman–Crippen LogP) is 8.42. The van der Waals surface area contributed by atoms with Crippen LogP contribution in [0.1, 0.15) is 51.4 Å². The molecule has 0 aromatic heterocycles. The van der Waals surface area contributed by atoms with Crippen molar-refractivity contribution in [2.45, 2.75) is 18.8 Å². The van der Waals surface area contributed by atoms with Gasteiger partial charge >= 0.3 is 0 Å². The van der Waals surface area contributed by atoms with Gasteiger partial charge in [-0.25, -0.2) is 0 Å². The molecule has 3 aromatic rings. The molecule has 2 nitrogen and oxygen atoms in total. The van der Waals surface area contributed by atoms with Crippen molar-refractivity contribution < 1.29 is 9.59 Å². The number of rotatable bonds is 8. The maximum Gasteiger partial charge on any atom is 0.185 e. The number of ketones is 2. The molecule has 2 aliphatic carbocycles. The van der Waals surface area contributed by atoms with Crippen LogP contribution in [-0.2, 0) is 4.79 Å². The number of carbonyl (C=O) groups excluding carboxylic acids is 2. The zero-order valence-electron chi connectivity index (χ0n) is 21.2. The highest BCUT2D eigenvalue weighted by atomic mass is 16.1. The van der Waals surface area contributed by atoms with Gasteiger partial charge in [0, 0.05) is 17.4 Å². The zero-order chi connectivity index (χ0) is 26.2. The number of carbonyl (C=O) groups is 2. The molecule has 2 atom stereocenters. The van der Waals surface area contributed by atoms with Gasteiger partial charge in [0.15, 0.2) is 11.6 Å². The molecule has 3 aromatic carbocycles. The molecular formula is C36H30O2. The van der Waals surface area contributed by atoms with Gasteiger partial charge < -0.3 is 0 Å². The monoisotopic (exact) mass is 494 g/mol. The van der Waals surface area contributed by atoms with E-state index in [9.17, 15) is 9.59 Å². The second-order valence-corrected chi connectivity index (χ2v) is 9.61. The predicted molar refractivity (Wildman–Crippen MR) is 158 cm³/mol. The van der Waals surface area contributed by atoms with E-state index in [1.54, 1.807) is 12.2 Å². The highest BCUT2D eigenvalue weighted by Gasteiger charge is 2.15. The summed E-state index contributed by atoms with van der Waals surface area (Å²) in [5.74, 6) is 0.291. The number of hydrogen-bond acceptors (Lipinski definition) is 2. The van der Waals surface area contributed by atoms with Crippen LogP contribution in [-0.4, -0.2) is 11.6 Å². The summed E-state index contributed by atoms with van der Waals surface area (Å²) >= 11 is 0. The maximum atomic E-state index is 12.8. The first kappa shape index (κ1) is 25.1. The van der Waals surface area contributed by atoms with E-state index in [0.717, 1.165) is 23.1 Å². The molecule has 0 amide bonds. The van der Waals surface area contributed by atoms with Gasteiger partial charge in [-0.2, -0.15) is 0 Å². The van der Waals surface area contributed by atoms with E-state index in [1.807, 2.05) is 91.0 Å². The lowest BCUT2D eigenvalue weighted by Gasteiger charge is -2.14. The zero-order valence-corrected chi connectivity index (χ0v) is 21.2. The highest BCUT2D eigenvalue weighted by molar-refractivity contribution is 6.06. The van der Waals surface area contributed by atoms with Crippen molar-refractivity contribution in [3.05, 3.63) is 161 Å². The van der Waals surface area contributed by atoms with Crippen LogP contribution in [0.2, 0.25) is 0 Å². The fraction of sp³-hybridized carbons (Fsp3) is 0.111. The first-order valence-electron chi connectivity index (χ1n) is 13.1.